The summed E-state index contributed by atoms with van der Waals surface area (Å²) in [4.78, 5) is 0. The fourth-order valence-corrected chi connectivity index (χ4v) is 3.96. The molecule has 0 N–H and O–H groups in total. The van der Waals surface area contributed by atoms with Crippen LogP contribution in [-0.2, 0) is 5.54 Å². The van der Waals surface area contributed by atoms with E-state index in [0.717, 1.165) is 34.5 Å². The average molecular weight is 380 g/mol. The molecule has 1 heterocycles. The van der Waals surface area contributed by atoms with Gasteiger partial charge in [0.25, 0.3) is 0 Å². The van der Waals surface area contributed by atoms with Gasteiger partial charge in [-0.1, -0.05) is 104 Å². The molecule has 0 atom stereocenters. The van der Waals surface area contributed by atoms with Gasteiger partial charge >= 0.3 is 0 Å². The van der Waals surface area contributed by atoms with E-state index in [2.05, 4.69) is 108 Å². The Kier molecular flexibility index (Phi) is 5.34. The van der Waals surface area contributed by atoms with Crippen molar-refractivity contribution in [3.05, 3.63) is 120 Å². The maximum Gasteiger partial charge on any atom is 0.178 e. The Morgan fingerprint density at radius 3 is 1.66 bits per heavy atom. The summed E-state index contributed by atoms with van der Waals surface area (Å²) in [7, 11) is 0. The lowest BCUT2D eigenvalue weighted by Crippen LogP contribution is -2.39. The van der Waals surface area contributed by atoms with Crippen molar-refractivity contribution in [3.63, 3.8) is 0 Å². The molecule has 0 aliphatic carbocycles. The summed E-state index contributed by atoms with van der Waals surface area (Å²) in [6.45, 7) is 4.19. The lowest BCUT2D eigenvalue weighted by molar-refractivity contribution is 0.442. The van der Waals surface area contributed by atoms with Crippen LogP contribution in [0.3, 0.4) is 0 Å². The quantitative estimate of drug-likeness (QED) is 0.425. The lowest BCUT2D eigenvalue weighted by atomic mass is 9.77. The molecule has 0 aliphatic rings. The van der Waals surface area contributed by atoms with Crippen molar-refractivity contribution in [2.75, 3.05) is 0 Å². The maximum absolute atomic E-state index is 4.54. The van der Waals surface area contributed by atoms with Crippen molar-refractivity contribution < 1.29 is 0 Å². The summed E-state index contributed by atoms with van der Waals surface area (Å²) in [6, 6.07) is 31.3. The third kappa shape index (κ3) is 3.27. The largest absolute Gasteiger partial charge is 0.206 e. The van der Waals surface area contributed by atoms with E-state index < -0.39 is 5.54 Å². The number of hydrogen-bond donors (Lipinski definition) is 0. The number of allylic oxidation sites excluding steroid dienone is 2. The number of benzene rings is 3. The van der Waals surface area contributed by atoms with E-state index in [1.165, 1.54) is 0 Å². The molecule has 0 amide bonds. The van der Waals surface area contributed by atoms with Gasteiger partial charge in [0, 0.05) is 0 Å². The fraction of sp³-hybridized carbons (Fsp3) is 0.160. The Morgan fingerprint density at radius 2 is 1.24 bits per heavy atom. The second kappa shape index (κ2) is 8.23. The van der Waals surface area contributed by atoms with Crippen LogP contribution >= 0.6 is 0 Å². The Bertz CT molecular complexity index is 987. The van der Waals surface area contributed by atoms with Gasteiger partial charge in [-0.25, -0.2) is 4.68 Å². The minimum Gasteiger partial charge on any atom is -0.206 e. The van der Waals surface area contributed by atoms with Crippen molar-refractivity contribution in [1.82, 2.24) is 20.2 Å². The van der Waals surface area contributed by atoms with E-state index in [0.29, 0.717) is 0 Å². The highest BCUT2D eigenvalue weighted by Crippen LogP contribution is 2.41. The molecule has 4 nitrogen and oxygen atoms in total. The zero-order valence-electron chi connectivity index (χ0n) is 16.7. The predicted molar refractivity (Wildman–Crippen MR) is 116 cm³/mol. The molecule has 4 aromatic rings. The van der Waals surface area contributed by atoms with Crippen LogP contribution in [-0.4, -0.2) is 20.2 Å². The molecule has 0 bridgehead atoms. The van der Waals surface area contributed by atoms with Gasteiger partial charge in [0.05, 0.1) is 0 Å². The topological polar surface area (TPSA) is 43.6 Å². The summed E-state index contributed by atoms with van der Waals surface area (Å²) in [5.74, 6) is 0.767. The highest BCUT2D eigenvalue weighted by Gasteiger charge is 2.41. The van der Waals surface area contributed by atoms with E-state index in [1.807, 2.05) is 22.9 Å². The molecule has 0 unspecified atom stereocenters. The summed E-state index contributed by atoms with van der Waals surface area (Å²) < 4.78 is 1.97. The zero-order chi connectivity index (χ0) is 20.1. The van der Waals surface area contributed by atoms with Crippen molar-refractivity contribution in [1.29, 1.82) is 0 Å². The second-order valence-corrected chi connectivity index (χ2v) is 7.02. The van der Waals surface area contributed by atoms with Gasteiger partial charge in [0.1, 0.15) is 5.54 Å². The van der Waals surface area contributed by atoms with Gasteiger partial charge < -0.3 is 0 Å². The van der Waals surface area contributed by atoms with Crippen LogP contribution in [0, 0.1) is 0 Å². The van der Waals surface area contributed by atoms with Crippen LogP contribution in [0.2, 0.25) is 0 Å². The minimum absolute atomic E-state index is 0.689. The molecular weight excluding hydrogens is 356 g/mol. The van der Waals surface area contributed by atoms with E-state index in [4.69, 9.17) is 0 Å². The first-order valence-electron chi connectivity index (χ1n) is 9.91. The highest BCUT2D eigenvalue weighted by molar-refractivity contribution is 5.60. The molecule has 4 heteroatoms. The second-order valence-electron chi connectivity index (χ2n) is 7.02. The molecule has 3 aromatic carbocycles. The molecule has 0 spiro atoms. The van der Waals surface area contributed by atoms with Crippen LogP contribution in [0.25, 0.3) is 5.57 Å². The van der Waals surface area contributed by atoms with Crippen molar-refractivity contribution in [2.24, 2.45) is 0 Å². The first-order valence-corrected chi connectivity index (χ1v) is 9.91. The lowest BCUT2D eigenvalue weighted by Gasteiger charge is -2.36. The van der Waals surface area contributed by atoms with Gasteiger partial charge in [-0.3, -0.25) is 0 Å². The molecule has 0 radical (unpaired) electrons. The third-order valence-electron chi connectivity index (χ3n) is 5.22. The van der Waals surface area contributed by atoms with E-state index in [9.17, 15) is 0 Å². The van der Waals surface area contributed by atoms with Crippen LogP contribution < -0.4 is 0 Å². The molecule has 4 rings (SSSR count). The molecule has 0 saturated heterocycles. The standard InChI is InChI=1S/C25H24N4/c1-3-13-20(2)24-26-27-28-29(24)25(21-14-7-4-8-15-21,22-16-9-5-10-17-22)23-18-11-6-12-19-23/h4-19H,3H2,1-2H3. The summed E-state index contributed by atoms with van der Waals surface area (Å²) in [6.07, 6.45) is 3.08. The fourth-order valence-electron chi connectivity index (χ4n) is 3.96. The smallest absolute Gasteiger partial charge is 0.178 e. The van der Waals surface area contributed by atoms with Crippen molar-refractivity contribution in [3.8, 4) is 0 Å². The van der Waals surface area contributed by atoms with E-state index in [-0.39, 0.29) is 0 Å². The van der Waals surface area contributed by atoms with Gasteiger partial charge in [-0.2, -0.15) is 0 Å². The Hall–Kier alpha value is -3.53. The SMILES string of the molecule is CCC=C(C)c1nnnn1C(c1ccccc1)(c1ccccc1)c1ccccc1. The van der Waals surface area contributed by atoms with Gasteiger partial charge in [-0.15, -0.1) is 5.10 Å². The molecule has 0 fully saturated rings. The van der Waals surface area contributed by atoms with E-state index in [1.54, 1.807) is 0 Å². The van der Waals surface area contributed by atoms with Gasteiger partial charge in [-0.05, 0) is 46.0 Å². The molecule has 1 aromatic heterocycles. The minimum atomic E-state index is -0.689. The molecule has 29 heavy (non-hydrogen) atoms. The number of nitrogens with zero attached hydrogens (tertiary/aromatic N) is 4. The number of rotatable bonds is 6. The first-order chi connectivity index (χ1) is 14.3. The average Bonchev–Trinajstić information content (AvgIpc) is 3.27. The summed E-state index contributed by atoms with van der Waals surface area (Å²) in [5, 5.41) is 13.0. The van der Waals surface area contributed by atoms with Gasteiger partial charge in [0.15, 0.2) is 5.82 Å². The Balaban J connectivity index is 2.14. The summed E-state index contributed by atoms with van der Waals surface area (Å²) >= 11 is 0. The Labute approximate surface area is 171 Å². The summed E-state index contributed by atoms with van der Waals surface area (Å²) in [5.41, 5.74) is 3.69. The third-order valence-corrected chi connectivity index (χ3v) is 5.22. The number of hydrogen-bond acceptors (Lipinski definition) is 3. The Morgan fingerprint density at radius 1 is 0.793 bits per heavy atom. The number of aromatic nitrogens is 4. The molecule has 144 valence electrons. The normalized spacial score (nSPS) is 12.1. The van der Waals surface area contributed by atoms with E-state index >= 15 is 0 Å². The molecule has 0 saturated carbocycles. The highest BCUT2D eigenvalue weighted by atomic mass is 15.6. The van der Waals surface area contributed by atoms with Crippen LogP contribution in [0.5, 0.6) is 0 Å². The van der Waals surface area contributed by atoms with Crippen molar-refractivity contribution in [2.45, 2.75) is 25.8 Å². The van der Waals surface area contributed by atoms with Gasteiger partial charge in [0.2, 0.25) is 0 Å². The zero-order valence-corrected chi connectivity index (χ0v) is 16.7. The van der Waals surface area contributed by atoms with Crippen LogP contribution in [0.4, 0.5) is 0 Å². The number of tetrazole rings is 1. The molecule has 0 aliphatic heterocycles. The van der Waals surface area contributed by atoms with Crippen LogP contribution in [0.15, 0.2) is 97.1 Å². The maximum atomic E-state index is 4.54. The van der Waals surface area contributed by atoms with Crippen LogP contribution in [0.1, 0.15) is 42.8 Å². The molecular formula is C25H24N4. The van der Waals surface area contributed by atoms with Crippen molar-refractivity contribution >= 4 is 5.57 Å². The predicted octanol–water partition coefficient (Wildman–Crippen LogP) is 5.33. The monoisotopic (exact) mass is 380 g/mol. The first kappa shape index (κ1) is 18.8.